The fraction of sp³-hybridized carbons (Fsp3) is 0.591. The van der Waals surface area contributed by atoms with Gasteiger partial charge in [0.15, 0.2) is 0 Å². The Labute approximate surface area is 168 Å². The van der Waals surface area contributed by atoms with Crippen molar-refractivity contribution in [3.8, 4) is 5.69 Å². The third kappa shape index (κ3) is 4.63. The molecule has 2 aliphatic heterocycles. The van der Waals surface area contributed by atoms with Crippen molar-refractivity contribution in [2.75, 3.05) is 59.5 Å². The maximum atomic E-state index is 9.97. The van der Waals surface area contributed by atoms with Gasteiger partial charge in [0, 0.05) is 57.4 Å². The summed E-state index contributed by atoms with van der Waals surface area (Å²) in [5.74, 6) is 1.97. The highest BCUT2D eigenvalue weighted by Crippen LogP contribution is 2.26. The lowest BCUT2D eigenvalue weighted by Gasteiger charge is -2.26. The Bertz CT molecular complexity index is 734. The van der Waals surface area contributed by atoms with E-state index in [1.807, 2.05) is 18.5 Å². The molecule has 152 valence electrons. The van der Waals surface area contributed by atoms with Gasteiger partial charge < -0.3 is 19.5 Å². The van der Waals surface area contributed by atoms with Gasteiger partial charge in [-0.3, -0.25) is 4.90 Å². The first-order valence-electron chi connectivity index (χ1n) is 10.5. The number of aromatic nitrogens is 2. The SMILES string of the molecule is CN1CCCN(C[C@@H]2CN(Cc3nccn3-c3ccccc3)C[C@@H]2CO)CC1. The second-order valence-corrected chi connectivity index (χ2v) is 8.40. The third-order valence-corrected chi connectivity index (χ3v) is 6.31. The van der Waals surface area contributed by atoms with Crippen LogP contribution in [0.4, 0.5) is 0 Å². The molecule has 6 heteroatoms. The highest BCUT2D eigenvalue weighted by atomic mass is 16.3. The van der Waals surface area contributed by atoms with Gasteiger partial charge in [-0.15, -0.1) is 0 Å². The van der Waals surface area contributed by atoms with Crippen molar-refractivity contribution in [3.63, 3.8) is 0 Å². The molecule has 0 aliphatic carbocycles. The van der Waals surface area contributed by atoms with E-state index in [-0.39, 0.29) is 6.61 Å². The molecule has 0 saturated carbocycles. The third-order valence-electron chi connectivity index (χ3n) is 6.31. The highest BCUT2D eigenvalue weighted by molar-refractivity contribution is 5.32. The number of hydrogen-bond donors (Lipinski definition) is 1. The summed E-state index contributed by atoms with van der Waals surface area (Å²) in [6.45, 7) is 8.87. The van der Waals surface area contributed by atoms with Gasteiger partial charge in [0.2, 0.25) is 0 Å². The summed E-state index contributed by atoms with van der Waals surface area (Å²) in [5.41, 5.74) is 1.15. The lowest BCUT2D eigenvalue weighted by Crippen LogP contribution is -2.36. The molecule has 2 saturated heterocycles. The predicted octanol–water partition coefficient (Wildman–Crippen LogP) is 1.55. The number of aliphatic hydroxyl groups is 1. The molecule has 6 nitrogen and oxygen atoms in total. The zero-order chi connectivity index (χ0) is 19.3. The van der Waals surface area contributed by atoms with Crippen LogP contribution in [0.5, 0.6) is 0 Å². The number of hydrogen-bond acceptors (Lipinski definition) is 5. The van der Waals surface area contributed by atoms with Crippen LogP contribution in [0.1, 0.15) is 12.2 Å². The van der Waals surface area contributed by atoms with Crippen LogP contribution in [-0.2, 0) is 6.54 Å². The van der Waals surface area contributed by atoms with Crippen LogP contribution in [0, 0.1) is 11.8 Å². The molecule has 4 rings (SSSR count). The Kier molecular flexibility index (Phi) is 6.42. The molecule has 2 atom stereocenters. The standard InChI is InChI=1S/C22H33N5O/c1-24-9-5-10-25(13-12-24)14-19-15-26(16-20(19)18-28)17-22-23-8-11-27(22)21-6-3-2-4-7-21/h2-4,6-8,11,19-20,28H,5,9-10,12-18H2,1H3/t19-,20-/m1/s1. The molecule has 0 unspecified atom stereocenters. The first-order chi connectivity index (χ1) is 13.7. The summed E-state index contributed by atoms with van der Waals surface area (Å²) < 4.78 is 2.17. The summed E-state index contributed by atoms with van der Waals surface area (Å²) in [6.07, 6.45) is 5.16. The molecule has 0 bridgehead atoms. The molecule has 2 fully saturated rings. The number of aliphatic hydroxyl groups excluding tert-OH is 1. The Hall–Kier alpha value is -1.73. The Morgan fingerprint density at radius 2 is 1.82 bits per heavy atom. The fourth-order valence-electron chi connectivity index (χ4n) is 4.67. The van der Waals surface area contributed by atoms with E-state index in [0.717, 1.165) is 50.8 Å². The van der Waals surface area contributed by atoms with E-state index >= 15 is 0 Å². The molecule has 3 heterocycles. The number of benzene rings is 1. The normalized spacial score (nSPS) is 25.2. The minimum Gasteiger partial charge on any atom is -0.396 e. The predicted molar refractivity (Wildman–Crippen MR) is 111 cm³/mol. The molecule has 28 heavy (non-hydrogen) atoms. The minimum absolute atomic E-state index is 0.280. The zero-order valence-corrected chi connectivity index (χ0v) is 17.0. The molecular formula is C22H33N5O. The van der Waals surface area contributed by atoms with Gasteiger partial charge in [0.05, 0.1) is 6.54 Å². The van der Waals surface area contributed by atoms with Crippen LogP contribution in [0.2, 0.25) is 0 Å². The van der Waals surface area contributed by atoms with E-state index in [9.17, 15) is 5.11 Å². The van der Waals surface area contributed by atoms with Gasteiger partial charge in [-0.25, -0.2) is 4.98 Å². The van der Waals surface area contributed by atoms with E-state index < -0.39 is 0 Å². The van der Waals surface area contributed by atoms with Crippen molar-refractivity contribution in [3.05, 3.63) is 48.5 Å². The van der Waals surface area contributed by atoms with Gasteiger partial charge in [-0.1, -0.05) is 18.2 Å². The average molecular weight is 384 g/mol. The Balaban J connectivity index is 1.39. The maximum Gasteiger partial charge on any atom is 0.127 e. The van der Waals surface area contributed by atoms with Crippen LogP contribution in [0.25, 0.3) is 5.69 Å². The summed E-state index contributed by atoms with van der Waals surface area (Å²) in [4.78, 5) is 12.1. The second-order valence-electron chi connectivity index (χ2n) is 8.40. The highest BCUT2D eigenvalue weighted by Gasteiger charge is 2.34. The summed E-state index contributed by atoms with van der Waals surface area (Å²) in [7, 11) is 2.21. The first kappa shape index (κ1) is 19.6. The minimum atomic E-state index is 0.280. The Morgan fingerprint density at radius 1 is 1.00 bits per heavy atom. The van der Waals surface area contributed by atoms with Crippen molar-refractivity contribution in [2.24, 2.45) is 11.8 Å². The quantitative estimate of drug-likeness (QED) is 0.820. The van der Waals surface area contributed by atoms with Gasteiger partial charge in [0.1, 0.15) is 5.82 Å². The van der Waals surface area contributed by atoms with Gasteiger partial charge in [-0.05, 0) is 50.5 Å². The summed E-state index contributed by atoms with van der Waals surface area (Å²) in [6, 6.07) is 10.4. The van der Waals surface area contributed by atoms with Gasteiger partial charge in [0.25, 0.3) is 0 Å². The topological polar surface area (TPSA) is 47.8 Å². The number of nitrogens with zero attached hydrogens (tertiary/aromatic N) is 5. The molecule has 0 spiro atoms. The number of likely N-dealkylation sites (N-methyl/N-ethyl adjacent to an activating group) is 1. The van der Waals surface area contributed by atoms with Crippen LogP contribution < -0.4 is 0 Å². The first-order valence-corrected chi connectivity index (χ1v) is 10.5. The maximum absolute atomic E-state index is 9.97. The summed E-state index contributed by atoms with van der Waals surface area (Å²) in [5, 5.41) is 9.97. The van der Waals surface area contributed by atoms with Crippen LogP contribution >= 0.6 is 0 Å². The summed E-state index contributed by atoms with van der Waals surface area (Å²) >= 11 is 0. The lowest BCUT2D eigenvalue weighted by molar-refractivity contribution is 0.165. The van der Waals surface area contributed by atoms with E-state index in [4.69, 9.17) is 0 Å². The van der Waals surface area contributed by atoms with Crippen molar-refractivity contribution < 1.29 is 5.11 Å². The fourth-order valence-corrected chi connectivity index (χ4v) is 4.67. The largest absolute Gasteiger partial charge is 0.396 e. The number of likely N-dealkylation sites (tertiary alicyclic amines) is 1. The number of rotatable bonds is 6. The molecule has 1 aromatic carbocycles. The monoisotopic (exact) mass is 383 g/mol. The van der Waals surface area contributed by atoms with Crippen molar-refractivity contribution in [2.45, 2.75) is 13.0 Å². The second kappa shape index (κ2) is 9.18. The average Bonchev–Trinajstić information content (AvgIpc) is 3.27. The van der Waals surface area contributed by atoms with Gasteiger partial charge >= 0.3 is 0 Å². The van der Waals surface area contributed by atoms with Crippen molar-refractivity contribution in [1.29, 1.82) is 0 Å². The van der Waals surface area contributed by atoms with Crippen LogP contribution in [0.15, 0.2) is 42.7 Å². The number of imidazole rings is 1. The zero-order valence-electron chi connectivity index (χ0n) is 17.0. The lowest BCUT2D eigenvalue weighted by atomic mass is 9.96. The number of para-hydroxylation sites is 1. The Morgan fingerprint density at radius 3 is 2.64 bits per heavy atom. The van der Waals surface area contributed by atoms with E-state index in [1.54, 1.807) is 0 Å². The molecular weight excluding hydrogens is 350 g/mol. The molecule has 1 N–H and O–H groups in total. The van der Waals surface area contributed by atoms with Crippen LogP contribution in [-0.4, -0.2) is 88.8 Å². The molecule has 0 amide bonds. The molecule has 0 radical (unpaired) electrons. The molecule has 2 aromatic rings. The van der Waals surface area contributed by atoms with Crippen LogP contribution in [0.3, 0.4) is 0 Å². The van der Waals surface area contributed by atoms with E-state index in [1.165, 1.54) is 19.5 Å². The smallest absolute Gasteiger partial charge is 0.127 e. The molecule has 1 aromatic heterocycles. The van der Waals surface area contributed by atoms with E-state index in [2.05, 4.69) is 55.6 Å². The van der Waals surface area contributed by atoms with Crippen molar-refractivity contribution in [1.82, 2.24) is 24.3 Å². The van der Waals surface area contributed by atoms with E-state index in [0.29, 0.717) is 11.8 Å². The molecule has 2 aliphatic rings. The van der Waals surface area contributed by atoms with Crippen molar-refractivity contribution >= 4 is 0 Å². The van der Waals surface area contributed by atoms with Gasteiger partial charge in [-0.2, -0.15) is 0 Å².